The minimum atomic E-state index is -0.109. The molecule has 2 rings (SSSR count). The van der Waals surface area contributed by atoms with Crippen molar-refractivity contribution >= 4 is 43.5 Å². The average Bonchev–Trinajstić information content (AvgIpc) is 2.44. The third kappa shape index (κ3) is 3.69. The normalized spacial score (nSPS) is 9.85. The monoisotopic (exact) mass is 392 g/mol. The van der Waals surface area contributed by atoms with E-state index in [4.69, 9.17) is 5.26 Å². The molecule has 20 heavy (non-hydrogen) atoms. The molecule has 0 radical (unpaired) electrons. The van der Waals surface area contributed by atoms with Crippen molar-refractivity contribution in [3.8, 4) is 6.07 Å². The Morgan fingerprint density at radius 1 is 1.10 bits per heavy atom. The molecule has 1 amide bonds. The maximum atomic E-state index is 12.0. The largest absolute Gasteiger partial charge is 0.324 e. The van der Waals surface area contributed by atoms with Crippen molar-refractivity contribution in [3.63, 3.8) is 0 Å². The van der Waals surface area contributed by atoms with Crippen LogP contribution < -0.4 is 5.32 Å². The van der Waals surface area contributed by atoms with Gasteiger partial charge in [0, 0.05) is 8.95 Å². The molecule has 1 N–H and O–H groups in total. The molecule has 0 saturated heterocycles. The van der Waals surface area contributed by atoms with Gasteiger partial charge in [-0.1, -0.05) is 18.2 Å². The summed E-state index contributed by atoms with van der Waals surface area (Å²) in [5.41, 5.74) is 2.17. The van der Waals surface area contributed by atoms with Crippen molar-refractivity contribution in [3.05, 3.63) is 62.5 Å². The molecule has 5 heteroatoms. The minimum absolute atomic E-state index is 0.109. The molecule has 0 aromatic heterocycles. The number of nitrogens with zero attached hydrogens (tertiary/aromatic N) is 1. The molecule has 3 nitrogen and oxygen atoms in total. The Bertz CT molecular complexity index is 655. The van der Waals surface area contributed by atoms with E-state index in [0.29, 0.717) is 11.3 Å². The number of para-hydroxylation sites is 1. The highest BCUT2D eigenvalue weighted by atomic mass is 79.9. The quantitative estimate of drug-likeness (QED) is 0.846. The molecule has 0 saturated carbocycles. The fourth-order valence-corrected chi connectivity index (χ4v) is 2.88. The van der Waals surface area contributed by atoms with Gasteiger partial charge in [0.15, 0.2) is 0 Å². The fourth-order valence-electron chi connectivity index (χ4n) is 1.68. The van der Waals surface area contributed by atoms with Gasteiger partial charge in [-0.05, 0) is 61.7 Å². The van der Waals surface area contributed by atoms with Gasteiger partial charge in [-0.3, -0.25) is 4.79 Å². The predicted octanol–water partition coefficient (Wildman–Crippen LogP) is 4.26. The summed E-state index contributed by atoms with van der Waals surface area (Å²) in [5.74, 6) is -0.109. The Kier molecular flexibility index (Phi) is 4.94. The van der Waals surface area contributed by atoms with E-state index in [2.05, 4.69) is 37.2 Å². The molecule has 2 aromatic rings. The van der Waals surface area contributed by atoms with Crippen molar-refractivity contribution in [1.82, 2.24) is 0 Å². The van der Waals surface area contributed by atoms with Crippen molar-refractivity contribution in [2.24, 2.45) is 0 Å². The Labute approximate surface area is 133 Å². The molecule has 0 fully saturated rings. The van der Waals surface area contributed by atoms with E-state index in [0.717, 1.165) is 14.5 Å². The number of rotatable bonds is 3. The average molecular weight is 394 g/mol. The number of carbonyl (C=O) groups is 1. The minimum Gasteiger partial charge on any atom is -0.324 e. The molecule has 2 aromatic carbocycles. The highest BCUT2D eigenvalue weighted by Crippen LogP contribution is 2.30. The molecular weight excluding hydrogens is 384 g/mol. The molecule has 0 heterocycles. The summed E-state index contributed by atoms with van der Waals surface area (Å²) in [5, 5.41) is 11.6. The summed E-state index contributed by atoms with van der Waals surface area (Å²) < 4.78 is 1.64. The van der Waals surface area contributed by atoms with Gasteiger partial charge in [-0.2, -0.15) is 5.26 Å². The van der Waals surface area contributed by atoms with Gasteiger partial charge < -0.3 is 5.32 Å². The summed E-state index contributed by atoms with van der Waals surface area (Å²) in [6.07, 6.45) is 0.263. The van der Waals surface area contributed by atoms with Gasteiger partial charge in [0.1, 0.15) is 0 Å². The van der Waals surface area contributed by atoms with E-state index >= 15 is 0 Å². The second kappa shape index (κ2) is 6.69. The maximum absolute atomic E-state index is 12.0. The van der Waals surface area contributed by atoms with Crippen LogP contribution in [0.2, 0.25) is 0 Å². The molecule has 100 valence electrons. The second-order valence-corrected chi connectivity index (χ2v) is 5.84. The van der Waals surface area contributed by atoms with Gasteiger partial charge in [0.05, 0.1) is 23.7 Å². The maximum Gasteiger partial charge on any atom is 0.228 e. The summed E-state index contributed by atoms with van der Waals surface area (Å²) in [4.78, 5) is 12.0. The summed E-state index contributed by atoms with van der Waals surface area (Å²) in [6.45, 7) is 0. The molecule has 0 bridgehead atoms. The highest BCUT2D eigenvalue weighted by molar-refractivity contribution is 9.11. The van der Waals surface area contributed by atoms with Crippen LogP contribution >= 0.6 is 31.9 Å². The number of anilines is 1. The van der Waals surface area contributed by atoms with Gasteiger partial charge in [-0.25, -0.2) is 0 Å². The molecular formula is C15H10Br2N2O. The lowest BCUT2D eigenvalue weighted by Gasteiger charge is -2.09. The topological polar surface area (TPSA) is 52.9 Å². The lowest BCUT2D eigenvalue weighted by molar-refractivity contribution is -0.115. The zero-order valence-corrected chi connectivity index (χ0v) is 13.5. The first-order valence-electron chi connectivity index (χ1n) is 5.83. The van der Waals surface area contributed by atoms with Crippen molar-refractivity contribution < 1.29 is 4.79 Å². The van der Waals surface area contributed by atoms with Crippen LogP contribution in [-0.4, -0.2) is 5.91 Å². The van der Waals surface area contributed by atoms with Crippen LogP contribution in [0, 0.1) is 11.3 Å². The number of hydrogen-bond acceptors (Lipinski definition) is 2. The Balaban J connectivity index is 2.07. The number of nitriles is 1. The zero-order valence-electron chi connectivity index (χ0n) is 10.4. The number of nitrogens with one attached hydrogen (secondary N) is 1. The van der Waals surface area contributed by atoms with E-state index in [9.17, 15) is 4.79 Å². The Morgan fingerprint density at radius 2 is 1.70 bits per heavy atom. The van der Waals surface area contributed by atoms with Crippen LogP contribution in [0.25, 0.3) is 0 Å². The fraction of sp³-hybridized carbons (Fsp3) is 0.0667. The van der Waals surface area contributed by atoms with Gasteiger partial charge in [0.25, 0.3) is 0 Å². The lowest BCUT2D eigenvalue weighted by Crippen LogP contribution is -2.15. The van der Waals surface area contributed by atoms with Crippen LogP contribution in [0.15, 0.2) is 51.4 Å². The number of carbonyl (C=O) groups excluding carboxylic acids is 1. The molecule has 0 atom stereocenters. The first kappa shape index (κ1) is 14.8. The zero-order chi connectivity index (χ0) is 14.5. The van der Waals surface area contributed by atoms with Crippen LogP contribution in [-0.2, 0) is 11.2 Å². The standard InChI is InChI=1S/C15H10Br2N2O/c16-12-2-1-3-13(17)15(12)19-14(20)8-10-4-6-11(9-18)7-5-10/h1-7H,8H2,(H,19,20). The highest BCUT2D eigenvalue weighted by Gasteiger charge is 2.09. The molecule has 0 aliphatic carbocycles. The predicted molar refractivity (Wildman–Crippen MR) is 85.3 cm³/mol. The van der Waals surface area contributed by atoms with E-state index in [-0.39, 0.29) is 12.3 Å². The number of benzene rings is 2. The second-order valence-electron chi connectivity index (χ2n) is 4.13. The molecule has 0 aliphatic heterocycles. The first-order chi connectivity index (χ1) is 9.60. The van der Waals surface area contributed by atoms with Crippen molar-refractivity contribution in [2.45, 2.75) is 6.42 Å². The molecule has 0 spiro atoms. The summed E-state index contributed by atoms with van der Waals surface area (Å²) in [7, 11) is 0. The van der Waals surface area contributed by atoms with Crippen LogP contribution in [0.4, 0.5) is 5.69 Å². The number of amides is 1. The van der Waals surface area contributed by atoms with Crippen molar-refractivity contribution in [2.75, 3.05) is 5.32 Å². The van der Waals surface area contributed by atoms with E-state index in [1.54, 1.807) is 24.3 Å². The Morgan fingerprint density at radius 3 is 2.25 bits per heavy atom. The van der Waals surface area contributed by atoms with E-state index in [1.807, 2.05) is 24.3 Å². The third-order valence-electron chi connectivity index (χ3n) is 2.67. The SMILES string of the molecule is N#Cc1ccc(CC(=O)Nc2c(Br)cccc2Br)cc1. The third-order valence-corrected chi connectivity index (χ3v) is 4.00. The van der Waals surface area contributed by atoms with Crippen LogP contribution in [0.5, 0.6) is 0 Å². The summed E-state index contributed by atoms with van der Waals surface area (Å²) in [6, 6.07) is 14.6. The molecule has 0 unspecified atom stereocenters. The van der Waals surface area contributed by atoms with E-state index < -0.39 is 0 Å². The van der Waals surface area contributed by atoms with Gasteiger partial charge in [0.2, 0.25) is 5.91 Å². The van der Waals surface area contributed by atoms with Crippen LogP contribution in [0.3, 0.4) is 0 Å². The lowest BCUT2D eigenvalue weighted by atomic mass is 10.1. The first-order valence-corrected chi connectivity index (χ1v) is 7.41. The smallest absolute Gasteiger partial charge is 0.228 e. The van der Waals surface area contributed by atoms with Crippen LogP contribution in [0.1, 0.15) is 11.1 Å². The molecule has 0 aliphatic rings. The summed E-state index contributed by atoms with van der Waals surface area (Å²) >= 11 is 6.80. The van der Waals surface area contributed by atoms with Crippen molar-refractivity contribution in [1.29, 1.82) is 5.26 Å². The van der Waals surface area contributed by atoms with E-state index in [1.165, 1.54) is 0 Å². The number of halogens is 2. The van der Waals surface area contributed by atoms with Gasteiger partial charge >= 0.3 is 0 Å². The Hall–Kier alpha value is -1.64. The number of hydrogen-bond donors (Lipinski definition) is 1. The van der Waals surface area contributed by atoms with Gasteiger partial charge in [-0.15, -0.1) is 0 Å².